The van der Waals surface area contributed by atoms with Crippen LogP contribution in [-0.2, 0) is 0 Å². The minimum atomic E-state index is 0.564. The normalized spacial score (nSPS) is 34.9. The Balaban J connectivity index is 0.000000167. The van der Waals surface area contributed by atoms with E-state index in [1.54, 1.807) is 25.7 Å². The Bertz CT molecular complexity index is 478. The second-order valence-corrected chi connectivity index (χ2v) is 10.9. The van der Waals surface area contributed by atoms with Crippen molar-refractivity contribution in [1.82, 2.24) is 0 Å². The van der Waals surface area contributed by atoms with E-state index in [0.717, 1.165) is 34.6 Å². The SMILES string of the molecule is C1CCC(C2CCCCC2)CC1.C=C(Cl)C1CCC2C(=C)C(CC)CCC2C1. The number of hydrogen-bond donors (Lipinski definition) is 0. The first kappa shape index (κ1) is 22.5. The molecule has 0 N–H and O–H groups in total. The molecule has 4 unspecified atom stereocenters. The molecule has 4 aliphatic rings. The van der Waals surface area contributed by atoms with Crippen LogP contribution in [0, 0.1) is 35.5 Å². The molecule has 4 aliphatic carbocycles. The van der Waals surface area contributed by atoms with Crippen molar-refractivity contribution < 1.29 is 0 Å². The zero-order valence-corrected chi connectivity index (χ0v) is 19.3. The Morgan fingerprint density at radius 1 is 0.786 bits per heavy atom. The van der Waals surface area contributed by atoms with Gasteiger partial charge in [-0.2, -0.15) is 0 Å². The van der Waals surface area contributed by atoms with Crippen LogP contribution in [0.2, 0.25) is 0 Å². The van der Waals surface area contributed by atoms with Gasteiger partial charge in [0.15, 0.2) is 0 Å². The Morgan fingerprint density at radius 2 is 1.36 bits per heavy atom. The molecule has 0 amide bonds. The zero-order chi connectivity index (χ0) is 19.9. The molecule has 0 nitrogen and oxygen atoms in total. The minimum absolute atomic E-state index is 0.564. The maximum Gasteiger partial charge on any atom is 0.0140 e. The van der Waals surface area contributed by atoms with E-state index in [1.807, 2.05) is 0 Å². The highest BCUT2D eigenvalue weighted by Crippen LogP contribution is 2.49. The summed E-state index contributed by atoms with van der Waals surface area (Å²) in [5.74, 6) is 5.25. The minimum Gasteiger partial charge on any atom is -0.0993 e. The molecule has 0 spiro atoms. The standard InChI is InChI=1S/C15H23Cl.C12H22/c1-4-12-5-6-14-9-13(11(3)16)7-8-15(14)10(12)2;1-3-7-11(8-4-1)12-9-5-2-6-10-12/h12-15H,2-9H2,1H3;11-12H,1-10H2. The maximum absolute atomic E-state index is 6.06. The van der Waals surface area contributed by atoms with Gasteiger partial charge in [0.1, 0.15) is 0 Å². The van der Waals surface area contributed by atoms with Crippen LogP contribution < -0.4 is 0 Å². The lowest BCUT2D eigenvalue weighted by atomic mass is 9.62. The lowest BCUT2D eigenvalue weighted by Gasteiger charge is -2.43. The monoisotopic (exact) mass is 404 g/mol. The second kappa shape index (κ2) is 11.2. The van der Waals surface area contributed by atoms with Crippen molar-refractivity contribution in [2.24, 2.45) is 35.5 Å². The van der Waals surface area contributed by atoms with Crippen molar-refractivity contribution in [3.8, 4) is 0 Å². The summed E-state index contributed by atoms with van der Waals surface area (Å²) in [7, 11) is 0. The molecule has 0 heterocycles. The second-order valence-electron chi connectivity index (χ2n) is 10.4. The van der Waals surface area contributed by atoms with Crippen LogP contribution in [0.3, 0.4) is 0 Å². The van der Waals surface area contributed by atoms with Gasteiger partial charge < -0.3 is 0 Å². The highest BCUT2D eigenvalue weighted by atomic mass is 35.5. The highest BCUT2D eigenvalue weighted by Gasteiger charge is 2.37. The van der Waals surface area contributed by atoms with Crippen LogP contribution >= 0.6 is 11.6 Å². The molecule has 4 saturated carbocycles. The highest BCUT2D eigenvalue weighted by molar-refractivity contribution is 6.29. The van der Waals surface area contributed by atoms with Gasteiger partial charge in [-0.25, -0.2) is 0 Å². The summed E-state index contributed by atoms with van der Waals surface area (Å²) in [6.07, 6.45) is 23.1. The van der Waals surface area contributed by atoms with E-state index >= 15 is 0 Å². The Hall–Kier alpha value is -0.230. The molecule has 0 aromatic rings. The van der Waals surface area contributed by atoms with Crippen molar-refractivity contribution in [1.29, 1.82) is 0 Å². The average Bonchev–Trinajstić information content (AvgIpc) is 2.75. The Kier molecular flexibility index (Phi) is 9.01. The van der Waals surface area contributed by atoms with Gasteiger partial charge in [0.05, 0.1) is 0 Å². The molecule has 4 rings (SSSR count). The van der Waals surface area contributed by atoms with E-state index in [-0.39, 0.29) is 0 Å². The third-order valence-corrected chi connectivity index (χ3v) is 9.08. The number of fused-ring (bicyclic) bond motifs is 1. The third-order valence-electron chi connectivity index (χ3n) is 8.77. The van der Waals surface area contributed by atoms with Gasteiger partial charge >= 0.3 is 0 Å². The number of halogens is 1. The van der Waals surface area contributed by atoms with Gasteiger partial charge in [-0.05, 0) is 74.0 Å². The Labute approximate surface area is 180 Å². The molecule has 0 aromatic carbocycles. The van der Waals surface area contributed by atoms with Crippen LogP contribution in [0.5, 0.6) is 0 Å². The molecule has 0 aliphatic heterocycles. The van der Waals surface area contributed by atoms with Gasteiger partial charge in [-0.15, -0.1) is 0 Å². The summed E-state index contributed by atoms with van der Waals surface area (Å²) in [6.45, 7) is 10.6. The molecule has 0 radical (unpaired) electrons. The zero-order valence-electron chi connectivity index (χ0n) is 18.6. The van der Waals surface area contributed by atoms with Crippen LogP contribution in [0.25, 0.3) is 0 Å². The largest absolute Gasteiger partial charge is 0.0993 e. The van der Waals surface area contributed by atoms with Gasteiger partial charge in [0, 0.05) is 5.03 Å². The quantitative estimate of drug-likeness (QED) is 0.411. The summed E-state index contributed by atoms with van der Waals surface area (Å²) in [5.41, 5.74) is 1.54. The van der Waals surface area contributed by atoms with E-state index in [1.165, 1.54) is 82.6 Å². The predicted octanol–water partition coefficient (Wildman–Crippen LogP) is 9.29. The Morgan fingerprint density at radius 3 is 1.86 bits per heavy atom. The first-order valence-electron chi connectivity index (χ1n) is 12.6. The van der Waals surface area contributed by atoms with E-state index in [9.17, 15) is 0 Å². The smallest absolute Gasteiger partial charge is 0.0140 e. The van der Waals surface area contributed by atoms with Crippen molar-refractivity contribution in [3.05, 3.63) is 23.8 Å². The van der Waals surface area contributed by atoms with E-state index < -0.39 is 0 Å². The molecular formula is C27H45Cl. The van der Waals surface area contributed by atoms with Crippen LogP contribution in [-0.4, -0.2) is 0 Å². The fraction of sp³-hybridized carbons (Fsp3) is 0.852. The van der Waals surface area contributed by atoms with Crippen LogP contribution in [0.15, 0.2) is 23.8 Å². The summed E-state index contributed by atoms with van der Waals surface area (Å²) < 4.78 is 0. The van der Waals surface area contributed by atoms with Gasteiger partial charge in [0.25, 0.3) is 0 Å². The lowest BCUT2D eigenvalue weighted by molar-refractivity contribution is 0.165. The molecule has 0 bridgehead atoms. The predicted molar refractivity (Wildman–Crippen MR) is 125 cm³/mol. The fourth-order valence-electron chi connectivity index (χ4n) is 6.94. The molecule has 0 aromatic heterocycles. The number of rotatable bonds is 3. The topological polar surface area (TPSA) is 0 Å². The van der Waals surface area contributed by atoms with Gasteiger partial charge in [0.2, 0.25) is 0 Å². The average molecular weight is 405 g/mol. The fourth-order valence-corrected chi connectivity index (χ4v) is 7.13. The summed E-state index contributed by atoms with van der Waals surface area (Å²) in [6, 6.07) is 0. The lowest BCUT2D eigenvalue weighted by Crippen LogP contribution is -2.32. The molecule has 160 valence electrons. The van der Waals surface area contributed by atoms with E-state index in [0.29, 0.717) is 5.92 Å². The molecule has 0 saturated heterocycles. The maximum atomic E-state index is 6.06. The van der Waals surface area contributed by atoms with Crippen molar-refractivity contribution in [3.63, 3.8) is 0 Å². The van der Waals surface area contributed by atoms with Crippen molar-refractivity contribution in [2.45, 2.75) is 110 Å². The van der Waals surface area contributed by atoms with Crippen LogP contribution in [0.4, 0.5) is 0 Å². The molecule has 4 atom stereocenters. The van der Waals surface area contributed by atoms with Crippen molar-refractivity contribution >= 4 is 11.6 Å². The molecule has 4 fully saturated rings. The number of hydrogen-bond acceptors (Lipinski definition) is 0. The molecular weight excluding hydrogens is 360 g/mol. The first-order valence-corrected chi connectivity index (χ1v) is 13.0. The molecule has 1 heteroatoms. The third kappa shape index (κ3) is 5.90. The van der Waals surface area contributed by atoms with Crippen molar-refractivity contribution in [2.75, 3.05) is 0 Å². The summed E-state index contributed by atoms with van der Waals surface area (Å²) >= 11 is 6.06. The van der Waals surface area contributed by atoms with E-state index in [4.69, 9.17) is 11.6 Å². The van der Waals surface area contributed by atoms with E-state index in [2.05, 4.69) is 20.1 Å². The number of allylic oxidation sites excluding steroid dienone is 2. The van der Waals surface area contributed by atoms with Gasteiger partial charge in [-0.1, -0.05) is 101 Å². The van der Waals surface area contributed by atoms with Gasteiger partial charge in [-0.3, -0.25) is 0 Å². The van der Waals surface area contributed by atoms with Crippen LogP contribution in [0.1, 0.15) is 110 Å². The summed E-state index contributed by atoms with van der Waals surface area (Å²) in [5, 5.41) is 0.877. The first-order chi connectivity index (χ1) is 13.6. The summed E-state index contributed by atoms with van der Waals surface area (Å²) in [4.78, 5) is 0. The molecule has 28 heavy (non-hydrogen) atoms.